The Labute approximate surface area is 69.1 Å². The average Bonchev–Trinajstić information content (AvgIpc) is 2.03. The molecule has 1 aliphatic rings. The Morgan fingerprint density at radius 1 is 1.55 bits per heavy atom. The van der Waals surface area contributed by atoms with Gasteiger partial charge in [0.2, 0.25) is 0 Å². The van der Waals surface area contributed by atoms with Crippen molar-refractivity contribution in [1.29, 1.82) is 0 Å². The van der Waals surface area contributed by atoms with Crippen molar-refractivity contribution in [2.75, 3.05) is 13.6 Å². The monoisotopic (exact) mass is 154 g/mol. The largest absolute Gasteiger partial charge is 0.405 e. The summed E-state index contributed by atoms with van der Waals surface area (Å²) in [5.41, 5.74) is 5.29. The number of hydrogen-bond acceptors (Lipinski definition) is 2. The summed E-state index contributed by atoms with van der Waals surface area (Å²) < 4.78 is 0. The molecular formula is C9H18N2. The van der Waals surface area contributed by atoms with Crippen LogP contribution < -0.4 is 5.73 Å². The molecule has 11 heavy (non-hydrogen) atoms. The van der Waals surface area contributed by atoms with E-state index in [0.717, 1.165) is 12.5 Å². The SMILES string of the molecule is CN1CCCCC1CC=CN. The molecule has 1 unspecified atom stereocenters. The molecule has 1 aliphatic heterocycles. The van der Waals surface area contributed by atoms with Crippen LogP contribution in [0.25, 0.3) is 0 Å². The Balaban J connectivity index is 2.29. The predicted molar refractivity (Wildman–Crippen MR) is 48.2 cm³/mol. The van der Waals surface area contributed by atoms with Crippen LogP contribution in [0.4, 0.5) is 0 Å². The molecule has 0 amide bonds. The highest BCUT2D eigenvalue weighted by atomic mass is 15.1. The molecule has 0 aliphatic carbocycles. The van der Waals surface area contributed by atoms with E-state index in [1.807, 2.05) is 0 Å². The minimum Gasteiger partial charge on any atom is -0.405 e. The molecule has 1 heterocycles. The van der Waals surface area contributed by atoms with E-state index in [2.05, 4.69) is 18.0 Å². The standard InChI is InChI=1S/C9H18N2/c1-11-8-3-2-5-9(11)6-4-7-10/h4,7,9H,2-3,5-6,8,10H2,1H3. The van der Waals surface area contributed by atoms with Gasteiger partial charge in [-0.2, -0.15) is 0 Å². The quantitative estimate of drug-likeness (QED) is 0.650. The first-order valence-electron chi connectivity index (χ1n) is 4.41. The van der Waals surface area contributed by atoms with Crippen LogP contribution in [0.1, 0.15) is 25.7 Å². The summed E-state index contributed by atoms with van der Waals surface area (Å²) in [7, 11) is 2.20. The second-order valence-electron chi connectivity index (χ2n) is 3.29. The first-order valence-corrected chi connectivity index (χ1v) is 4.41. The van der Waals surface area contributed by atoms with Crippen LogP contribution in [-0.2, 0) is 0 Å². The summed E-state index contributed by atoms with van der Waals surface area (Å²) in [6.07, 6.45) is 8.91. The van der Waals surface area contributed by atoms with Crippen LogP contribution in [0.2, 0.25) is 0 Å². The molecule has 64 valence electrons. The van der Waals surface area contributed by atoms with Crippen LogP contribution in [0.15, 0.2) is 12.3 Å². The smallest absolute Gasteiger partial charge is 0.0127 e. The van der Waals surface area contributed by atoms with E-state index in [9.17, 15) is 0 Å². The van der Waals surface area contributed by atoms with E-state index in [4.69, 9.17) is 5.73 Å². The highest BCUT2D eigenvalue weighted by molar-refractivity contribution is 4.85. The molecule has 2 N–H and O–H groups in total. The molecule has 1 saturated heterocycles. The van der Waals surface area contributed by atoms with Gasteiger partial charge in [0, 0.05) is 6.04 Å². The third-order valence-corrected chi connectivity index (χ3v) is 2.47. The maximum atomic E-state index is 5.29. The van der Waals surface area contributed by atoms with E-state index >= 15 is 0 Å². The van der Waals surface area contributed by atoms with Crippen molar-refractivity contribution in [2.24, 2.45) is 5.73 Å². The van der Waals surface area contributed by atoms with Crippen LogP contribution in [0, 0.1) is 0 Å². The fraction of sp³-hybridized carbons (Fsp3) is 0.778. The first-order chi connectivity index (χ1) is 5.34. The highest BCUT2D eigenvalue weighted by Crippen LogP contribution is 2.17. The fourth-order valence-corrected chi connectivity index (χ4v) is 1.68. The van der Waals surface area contributed by atoms with Crippen molar-refractivity contribution in [2.45, 2.75) is 31.7 Å². The molecule has 0 bridgehead atoms. The molecule has 0 spiro atoms. The van der Waals surface area contributed by atoms with Crippen LogP contribution in [0.5, 0.6) is 0 Å². The van der Waals surface area contributed by atoms with E-state index in [1.165, 1.54) is 25.8 Å². The van der Waals surface area contributed by atoms with Gasteiger partial charge in [-0.1, -0.05) is 12.5 Å². The molecule has 2 heteroatoms. The first kappa shape index (κ1) is 8.60. The summed E-state index contributed by atoms with van der Waals surface area (Å²) in [4.78, 5) is 2.43. The van der Waals surface area contributed by atoms with Crippen molar-refractivity contribution in [3.63, 3.8) is 0 Å². The number of likely N-dealkylation sites (tertiary alicyclic amines) is 1. The molecule has 2 nitrogen and oxygen atoms in total. The summed E-state index contributed by atoms with van der Waals surface area (Å²) >= 11 is 0. The lowest BCUT2D eigenvalue weighted by Crippen LogP contribution is -2.35. The second kappa shape index (κ2) is 4.39. The van der Waals surface area contributed by atoms with Crippen molar-refractivity contribution in [3.8, 4) is 0 Å². The summed E-state index contributed by atoms with van der Waals surface area (Å²) in [5.74, 6) is 0. The van der Waals surface area contributed by atoms with Gasteiger partial charge in [0.05, 0.1) is 0 Å². The zero-order valence-corrected chi connectivity index (χ0v) is 7.29. The molecule has 0 aromatic rings. The summed E-state index contributed by atoms with van der Waals surface area (Å²) in [6, 6.07) is 0.739. The lowest BCUT2D eigenvalue weighted by molar-refractivity contribution is 0.187. The molecule has 1 rings (SSSR count). The second-order valence-corrected chi connectivity index (χ2v) is 3.29. The van der Waals surface area contributed by atoms with E-state index < -0.39 is 0 Å². The topological polar surface area (TPSA) is 29.3 Å². The van der Waals surface area contributed by atoms with Gasteiger partial charge in [-0.3, -0.25) is 0 Å². The van der Waals surface area contributed by atoms with Gasteiger partial charge in [0.25, 0.3) is 0 Å². The molecule has 0 aromatic heterocycles. The zero-order valence-electron chi connectivity index (χ0n) is 7.29. The Kier molecular flexibility index (Phi) is 3.43. The number of nitrogens with zero attached hydrogens (tertiary/aromatic N) is 1. The van der Waals surface area contributed by atoms with E-state index in [1.54, 1.807) is 6.20 Å². The lowest BCUT2D eigenvalue weighted by atomic mass is 10.0. The Hall–Kier alpha value is -0.500. The third-order valence-electron chi connectivity index (χ3n) is 2.47. The minimum atomic E-state index is 0.739. The summed E-state index contributed by atoms with van der Waals surface area (Å²) in [5, 5.41) is 0. The molecule has 0 saturated carbocycles. The summed E-state index contributed by atoms with van der Waals surface area (Å²) in [6.45, 7) is 1.25. The maximum absolute atomic E-state index is 5.29. The van der Waals surface area contributed by atoms with E-state index in [0.29, 0.717) is 0 Å². The number of rotatable bonds is 2. The van der Waals surface area contributed by atoms with Crippen molar-refractivity contribution < 1.29 is 0 Å². The predicted octanol–water partition coefficient (Wildman–Crippen LogP) is 1.33. The van der Waals surface area contributed by atoms with Crippen molar-refractivity contribution >= 4 is 0 Å². The normalized spacial score (nSPS) is 27.9. The van der Waals surface area contributed by atoms with Gasteiger partial charge in [0.1, 0.15) is 0 Å². The number of nitrogens with two attached hydrogens (primary N) is 1. The van der Waals surface area contributed by atoms with Crippen LogP contribution >= 0.6 is 0 Å². The number of hydrogen-bond donors (Lipinski definition) is 1. The molecule has 0 aromatic carbocycles. The fourth-order valence-electron chi connectivity index (χ4n) is 1.68. The number of piperidine rings is 1. The van der Waals surface area contributed by atoms with Crippen LogP contribution in [0.3, 0.4) is 0 Å². The zero-order chi connectivity index (χ0) is 8.10. The van der Waals surface area contributed by atoms with Gasteiger partial charge < -0.3 is 10.6 Å². The molecule has 0 radical (unpaired) electrons. The highest BCUT2D eigenvalue weighted by Gasteiger charge is 2.16. The molecule has 1 atom stereocenters. The minimum absolute atomic E-state index is 0.739. The third kappa shape index (κ3) is 2.54. The van der Waals surface area contributed by atoms with E-state index in [-0.39, 0.29) is 0 Å². The van der Waals surface area contributed by atoms with Gasteiger partial charge >= 0.3 is 0 Å². The lowest BCUT2D eigenvalue weighted by Gasteiger charge is -2.31. The average molecular weight is 154 g/mol. The Morgan fingerprint density at radius 2 is 2.36 bits per heavy atom. The Morgan fingerprint density at radius 3 is 3.00 bits per heavy atom. The van der Waals surface area contributed by atoms with Crippen molar-refractivity contribution in [1.82, 2.24) is 4.90 Å². The molecular weight excluding hydrogens is 136 g/mol. The van der Waals surface area contributed by atoms with Crippen LogP contribution in [-0.4, -0.2) is 24.5 Å². The van der Waals surface area contributed by atoms with Gasteiger partial charge in [-0.05, 0) is 39.1 Å². The van der Waals surface area contributed by atoms with Gasteiger partial charge in [-0.15, -0.1) is 0 Å². The van der Waals surface area contributed by atoms with Crippen molar-refractivity contribution in [3.05, 3.63) is 12.3 Å². The Bertz CT molecular complexity index is 132. The van der Waals surface area contributed by atoms with Gasteiger partial charge in [-0.25, -0.2) is 0 Å². The maximum Gasteiger partial charge on any atom is 0.0127 e. The van der Waals surface area contributed by atoms with Gasteiger partial charge in [0.15, 0.2) is 0 Å². The molecule has 1 fully saturated rings.